The van der Waals surface area contributed by atoms with Crippen LogP contribution in [0.2, 0.25) is 0 Å². The molecule has 5 nitrogen and oxygen atoms in total. The molecule has 0 aliphatic carbocycles. The molecule has 1 N–H and O–H groups in total. The molecule has 1 aliphatic rings. The van der Waals surface area contributed by atoms with Crippen molar-refractivity contribution < 1.29 is 9.59 Å². The first kappa shape index (κ1) is 17.9. The van der Waals surface area contributed by atoms with Crippen LogP contribution in [0, 0.1) is 5.92 Å². The normalized spacial score (nSPS) is 15.9. The Morgan fingerprint density at radius 2 is 1.91 bits per heavy atom. The van der Waals surface area contributed by atoms with Crippen molar-refractivity contribution in [3.05, 3.63) is 22.4 Å². The Labute approximate surface area is 142 Å². The van der Waals surface area contributed by atoms with Gasteiger partial charge in [0.25, 0.3) is 5.91 Å². The standard InChI is InChI=1S/C17H27N3O2S/c1-3-14(4-2)17(22)20-11-9-19(10-12-20)8-7-18-16(21)15-6-5-13-23-15/h5-6,13-14H,3-4,7-12H2,1-2H3,(H,18,21). The van der Waals surface area contributed by atoms with Crippen LogP contribution >= 0.6 is 11.3 Å². The van der Waals surface area contributed by atoms with Crippen LogP contribution in [0.4, 0.5) is 0 Å². The molecule has 1 aromatic rings. The summed E-state index contributed by atoms with van der Waals surface area (Å²) in [4.78, 5) is 29.3. The van der Waals surface area contributed by atoms with Gasteiger partial charge in [-0.1, -0.05) is 19.9 Å². The van der Waals surface area contributed by atoms with E-state index in [1.807, 2.05) is 22.4 Å². The van der Waals surface area contributed by atoms with Crippen molar-refractivity contribution in [2.75, 3.05) is 39.3 Å². The van der Waals surface area contributed by atoms with Crippen LogP contribution in [0.5, 0.6) is 0 Å². The Morgan fingerprint density at radius 1 is 1.22 bits per heavy atom. The van der Waals surface area contributed by atoms with Gasteiger partial charge in [0, 0.05) is 45.2 Å². The van der Waals surface area contributed by atoms with Crippen LogP contribution in [0.25, 0.3) is 0 Å². The van der Waals surface area contributed by atoms with Gasteiger partial charge in [-0.05, 0) is 24.3 Å². The van der Waals surface area contributed by atoms with Gasteiger partial charge in [0.2, 0.25) is 5.91 Å². The zero-order valence-corrected chi connectivity index (χ0v) is 14.9. The molecule has 0 saturated carbocycles. The lowest BCUT2D eigenvalue weighted by molar-refractivity contribution is -0.137. The number of nitrogens with zero attached hydrogens (tertiary/aromatic N) is 2. The topological polar surface area (TPSA) is 52.7 Å². The van der Waals surface area contributed by atoms with E-state index in [4.69, 9.17) is 0 Å². The van der Waals surface area contributed by atoms with Crippen LogP contribution in [-0.2, 0) is 4.79 Å². The van der Waals surface area contributed by atoms with Crippen LogP contribution < -0.4 is 5.32 Å². The molecule has 2 heterocycles. The molecule has 1 aliphatic heterocycles. The molecular formula is C17H27N3O2S. The van der Waals surface area contributed by atoms with Crippen LogP contribution in [0.15, 0.2) is 17.5 Å². The molecule has 0 radical (unpaired) electrons. The third-order valence-corrected chi connectivity index (χ3v) is 5.35. The van der Waals surface area contributed by atoms with E-state index >= 15 is 0 Å². The summed E-state index contributed by atoms with van der Waals surface area (Å²) in [6, 6.07) is 3.72. The Balaban J connectivity index is 1.67. The van der Waals surface area contributed by atoms with E-state index in [1.165, 1.54) is 11.3 Å². The van der Waals surface area contributed by atoms with Gasteiger partial charge in [0.15, 0.2) is 0 Å². The van der Waals surface area contributed by atoms with Gasteiger partial charge in [-0.15, -0.1) is 11.3 Å². The highest BCUT2D eigenvalue weighted by molar-refractivity contribution is 7.12. The average molecular weight is 337 g/mol. The number of rotatable bonds is 7. The van der Waals surface area contributed by atoms with E-state index in [2.05, 4.69) is 24.1 Å². The summed E-state index contributed by atoms with van der Waals surface area (Å²) in [6.07, 6.45) is 1.84. The van der Waals surface area contributed by atoms with Crippen molar-refractivity contribution in [2.45, 2.75) is 26.7 Å². The number of nitrogens with one attached hydrogen (secondary N) is 1. The maximum absolute atomic E-state index is 12.4. The van der Waals surface area contributed by atoms with Crippen LogP contribution in [0.3, 0.4) is 0 Å². The fourth-order valence-electron chi connectivity index (χ4n) is 2.91. The fraction of sp³-hybridized carbons (Fsp3) is 0.647. The largest absolute Gasteiger partial charge is 0.350 e. The second-order valence-electron chi connectivity index (χ2n) is 5.91. The molecule has 6 heteroatoms. The number of thiophene rings is 1. The first-order chi connectivity index (χ1) is 11.2. The Hall–Kier alpha value is -1.40. The van der Waals surface area contributed by atoms with Crippen LogP contribution in [-0.4, -0.2) is 60.9 Å². The van der Waals surface area contributed by atoms with Gasteiger partial charge in [0.1, 0.15) is 0 Å². The SMILES string of the molecule is CCC(CC)C(=O)N1CCN(CCNC(=O)c2cccs2)CC1. The van der Waals surface area contributed by atoms with E-state index < -0.39 is 0 Å². The van der Waals surface area contributed by atoms with Gasteiger partial charge < -0.3 is 10.2 Å². The molecule has 0 aromatic carbocycles. The number of carbonyl (C=O) groups is 2. The molecular weight excluding hydrogens is 310 g/mol. The minimum absolute atomic E-state index is 0.00236. The van der Waals surface area contributed by atoms with Crippen molar-refractivity contribution in [1.29, 1.82) is 0 Å². The molecule has 1 aromatic heterocycles. The highest BCUT2D eigenvalue weighted by Gasteiger charge is 2.25. The van der Waals surface area contributed by atoms with Gasteiger partial charge >= 0.3 is 0 Å². The highest BCUT2D eigenvalue weighted by atomic mass is 32.1. The van der Waals surface area contributed by atoms with E-state index in [0.29, 0.717) is 12.5 Å². The molecule has 0 unspecified atom stereocenters. The zero-order chi connectivity index (χ0) is 16.7. The Bertz CT molecular complexity index is 492. The predicted octanol–water partition coefficient (Wildman–Crippen LogP) is 2.06. The molecule has 0 bridgehead atoms. The number of piperazine rings is 1. The van der Waals surface area contributed by atoms with Gasteiger partial charge in [-0.3, -0.25) is 14.5 Å². The molecule has 128 valence electrons. The first-order valence-electron chi connectivity index (χ1n) is 8.48. The van der Waals surface area contributed by atoms with Gasteiger partial charge in [-0.2, -0.15) is 0 Å². The fourth-order valence-corrected chi connectivity index (χ4v) is 3.55. The Morgan fingerprint density at radius 3 is 2.48 bits per heavy atom. The predicted molar refractivity (Wildman–Crippen MR) is 93.7 cm³/mol. The highest BCUT2D eigenvalue weighted by Crippen LogP contribution is 2.14. The monoisotopic (exact) mass is 337 g/mol. The van der Waals surface area contributed by atoms with Gasteiger partial charge in [0.05, 0.1) is 4.88 Å². The molecule has 2 rings (SSSR count). The zero-order valence-electron chi connectivity index (χ0n) is 14.1. The maximum atomic E-state index is 12.4. The summed E-state index contributed by atoms with van der Waals surface area (Å²) in [5, 5.41) is 4.86. The average Bonchev–Trinajstić information content (AvgIpc) is 3.11. The summed E-state index contributed by atoms with van der Waals surface area (Å²) >= 11 is 1.46. The first-order valence-corrected chi connectivity index (χ1v) is 9.36. The summed E-state index contributed by atoms with van der Waals surface area (Å²) in [7, 11) is 0. The van der Waals surface area contributed by atoms with Crippen molar-refractivity contribution in [3.8, 4) is 0 Å². The van der Waals surface area contributed by atoms with E-state index in [0.717, 1.165) is 50.4 Å². The number of hydrogen-bond acceptors (Lipinski definition) is 4. The minimum Gasteiger partial charge on any atom is -0.350 e. The maximum Gasteiger partial charge on any atom is 0.261 e. The number of carbonyl (C=O) groups excluding carboxylic acids is 2. The van der Waals surface area contributed by atoms with Crippen molar-refractivity contribution in [1.82, 2.24) is 15.1 Å². The third kappa shape index (κ3) is 5.04. The number of amides is 2. The lowest BCUT2D eigenvalue weighted by atomic mass is 10.0. The number of hydrogen-bond donors (Lipinski definition) is 1. The minimum atomic E-state index is 0.00236. The molecule has 1 fully saturated rings. The van der Waals surface area contributed by atoms with Crippen molar-refractivity contribution >= 4 is 23.2 Å². The quantitative estimate of drug-likeness (QED) is 0.828. The van der Waals surface area contributed by atoms with Crippen molar-refractivity contribution in [3.63, 3.8) is 0 Å². The summed E-state index contributed by atoms with van der Waals surface area (Å²) < 4.78 is 0. The lowest BCUT2D eigenvalue weighted by Crippen LogP contribution is -2.51. The van der Waals surface area contributed by atoms with E-state index in [-0.39, 0.29) is 11.8 Å². The second-order valence-corrected chi connectivity index (χ2v) is 6.86. The molecule has 0 spiro atoms. The summed E-state index contributed by atoms with van der Waals surface area (Å²) in [5.41, 5.74) is 0. The summed E-state index contributed by atoms with van der Waals surface area (Å²) in [5.74, 6) is 0.481. The van der Waals surface area contributed by atoms with Gasteiger partial charge in [-0.25, -0.2) is 0 Å². The third-order valence-electron chi connectivity index (χ3n) is 4.48. The van der Waals surface area contributed by atoms with Crippen LogP contribution in [0.1, 0.15) is 36.4 Å². The molecule has 23 heavy (non-hydrogen) atoms. The second kappa shape index (κ2) is 9.03. The van der Waals surface area contributed by atoms with E-state index in [1.54, 1.807) is 0 Å². The molecule has 0 atom stereocenters. The van der Waals surface area contributed by atoms with E-state index in [9.17, 15) is 9.59 Å². The molecule has 1 saturated heterocycles. The Kier molecular flexibility index (Phi) is 7.05. The lowest BCUT2D eigenvalue weighted by Gasteiger charge is -2.36. The molecule has 2 amide bonds. The smallest absolute Gasteiger partial charge is 0.261 e. The van der Waals surface area contributed by atoms with Crippen molar-refractivity contribution in [2.24, 2.45) is 5.92 Å². The summed E-state index contributed by atoms with van der Waals surface area (Å²) in [6.45, 7) is 9.03.